The summed E-state index contributed by atoms with van der Waals surface area (Å²) in [7, 11) is 1.12. The molecule has 1 rings (SSSR count). The van der Waals surface area contributed by atoms with Crippen molar-refractivity contribution in [2.75, 3.05) is 13.2 Å². The van der Waals surface area contributed by atoms with E-state index in [4.69, 9.17) is 4.74 Å². The predicted molar refractivity (Wildman–Crippen MR) is 43.8 cm³/mol. The van der Waals surface area contributed by atoms with E-state index in [2.05, 4.69) is 13.8 Å². The highest BCUT2D eigenvalue weighted by Crippen LogP contribution is 2.29. The molecule has 0 aromatic carbocycles. The molecule has 1 aliphatic heterocycles. The van der Waals surface area contributed by atoms with Crippen LogP contribution < -0.4 is 0 Å². The Kier molecular flexibility index (Phi) is 4.52. The van der Waals surface area contributed by atoms with Crippen molar-refractivity contribution in [3.05, 3.63) is 0 Å². The maximum absolute atomic E-state index is 5.30. The topological polar surface area (TPSA) is 9.23 Å². The minimum absolute atomic E-state index is 0. The number of ether oxygens (including phenoxy) is 1. The molecule has 0 aromatic rings. The Hall–Kier alpha value is 0.455. The summed E-state index contributed by atoms with van der Waals surface area (Å²) in [6, 6.07) is 0. The van der Waals surface area contributed by atoms with Crippen LogP contribution in [-0.2, 0) is 4.74 Å². The van der Waals surface area contributed by atoms with Gasteiger partial charge < -0.3 is 4.74 Å². The van der Waals surface area contributed by atoms with Crippen molar-refractivity contribution in [3.63, 3.8) is 0 Å². The summed E-state index contributed by atoms with van der Waals surface area (Å²) in [5, 5.41) is 0. The molecule has 0 bridgehead atoms. The molecule has 0 spiro atoms. The van der Waals surface area contributed by atoms with Gasteiger partial charge in [0.05, 0.1) is 13.2 Å². The van der Waals surface area contributed by atoms with Gasteiger partial charge in [-0.2, -0.15) is 0 Å². The lowest BCUT2D eigenvalue weighted by molar-refractivity contribution is 0.130. The normalized spacial score (nSPS) is 35.3. The van der Waals surface area contributed by atoms with Crippen molar-refractivity contribution in [1.82, 2.24) is 0 Å². The molecule has 2 atom stereocenters. The molecule has 1 fully saturated rings. The largest absolute Gasteiger partial charge is 0.380 e. The SMILES string of the molecule is C[C@@H]1COC[C@@H](C)P1.[B]. The van der Waals surface area contributed by atoms with Gasteiger partial charge >= 0.3 is 0 Å². The summed E-state index contributed by atoms with van der Waals surface area (Å²) in [5.74, 6) is 0. The molecule has 1 heterocycles. The van der Waals surface area contributed by atoms with Gasteiger partial charge in [0, 0.05) is 8.41 Å². The Bertz CT molecular complexity index is 71.5. The zero-order valence-electron chi connectivity index (χ0n) is 6.05. The molecule has 0 unspecified atom stereocenters. The molecule has 1 nitrogen and oxygen atoms in total. The quantitative estimate of drug-likeness (QED) is 0.364. The first-order valence-corrected chi connectivity index (χ1v) is 4.28. The van der Waals surface area contributed by atoms with Gasteiger partial charge in [-0.15, -0.1) is 8.58 Å². The van der Waals surface area contributed by atoms with Crippen molar-refractivity contribution >= 4 is 17.0 Å². The van der Waals surface area contributed by atoms with Crippen molar-refractivity contribution in [3.8, 4) is 0 Å². The van der Waals surface area contributed by atoms with Gasteiger partial charge in [0.1, 0.15) is 0 Å². The number of hydrogen-bond acceptors (Lipinski definition) is 1. The summed E-state index contributed by atoms with van der Waals surface area (Å²) in [5.41, 5.74) is 1.64. The highest BCUT2D eigenvalue weighted by molar-refractivity contribution is 7.39. The molecular weight excluding hydrogens is 130 g/mol. The third-order valence-corrected chi connectivity index (χ3v) is 2.78. The zero-order chi connectivity index (χ0) is 5.98. The first-order valence-electron chi connectivity index (χ1n) is 3.13. The molecular formula is C6H13BOP. The summed E-state index contributed by atoms with van der Waals surface area (Å²) >= 11 is 0. The van der Waals surface area contributed by atoms with Gasteiger partial charge in [0.25, 0.3) is 0 Å². The van der Waals surface area contributed by atoms with E-state index in [0.717, 1.165) is 33.1 Å². The molecule has 1 aliphatic rings. The van der Waals surface area contributed by atoms with E-state index < -0.39 is 0 Å². The first-order chi connectivity index (χ1) is 3.79. The lowest BCUT2D eigenvalue weighted by Gasteiger charge is -2.23. The zero-order valence-corrected chi connectivity index (χ0v) is 7.05. The summed E-state index contributed by atoms with van der Waals surface area (Å²) in [4.78, 5) is 0. The Labute approximate surface area is 60.9 Å². The van der Waals surface area contributed by atoms with Crippen LogP contribution in [0.3, 0.4) is 0 Å². The van der Waals surface area contributed by atoms with E-state index in [-0.39, 0.29) is 8.41 Å². The Morgan fingerprint density at radius 1 is 1.22 bits per heavy atom. The van der Waals surface area contributed by atoms with Crippen molar-refractivity contribution < 1.29 is 4.74 Å². The van der Waals surface area contributed by atoms with Crippen molar-refractivity contribution in [2.24, 2.45) is 0 Å². The van der Waals surface area contributed by atoms with Crippen LogP contribution in [0, 0.1) is 0 Å². The van der Waals surface area contributed by atoms with Gasteiger partial charge in [0.2, 0.25) is 0 Å². The second kappa shape index (κ2) is 4.30. The third kappa shape index (κ3) is 3.22. The van der Waals surface area contributed by atoms with E-state index in [1.807, 2.05) is 0 Å². The smallest absolute Gasteiger partial charge is 0.0528 e. The number of rotatable bonds is 0. The second-order valence-electron chi connectivity index (χ2n) is 2.51. The van der Waals surface area contributed by atoms with Gasteiger partial charge in [0.15, 0.2) is 0 Å². The average Bonchev–Trinajstić information content (AvgIpc) is 1.64. The molecule has 3 heteroatoms. The monoisotopic (exact) mass is 143 g/mol. The molecule has 0 aromatic heterocycles. The fourth-order valence-corrected chi connectivity index (χ4v) is 2.40. The van der Waals surface area contributed by atoms with Gasteiger partial charge in [-0.05, 0) is 11.3 Å². The van der Waals surface area contributed by atoms with Crippen molar-refractivity contribution in [1.29, 1.82) is 0 Å². The predicted octanol–water partition coefficient (Wildman–Crippen LogP) is 1.09. The summed E-state index contributed by atoms with van der Waals surface area (Å²) in [6.45, 7) is 6.49. The Balaban J connectivity index is 0.000000640. The fourth-order valence-electron chi connectivity index (χ4n) is 1.00. The lowest BCUT2D eigenvalue weighted by atomic mass is 10.4. The molecule has 0 saturated carbocycles. The van der Waals surface area contributed by atoms with Gasteiger partial charge in [-0.3, -0.25) is 0 Å². The standard InChI is InChI=1S/C6H13OP.B/c1-5-3-7-4-6(2)8-5;/h5-6,8H,3-4H2,1-2H3;/t5-,6-;/m1./s1. The van der Waals surface area contributed by atoms with Crippen molar-refractivity contribution in [2.45, 2.75) is 25.2 Å². The minimum Gasteiger partial charge on any atom is -0.380 e. The third-order valence-electron chi connectivity index (χ3n) is 1.30. The van der Waals surface area contributed by atoms with E-state index in [1.165, 1.54) is 0 Å². The average molecular weight is 143 g/mol. The van der Waals surface area contributed by atoms with Crippen LogP contribution in [0.5, 0.6) is 0 Å². The Morgan fingerprint density at radius 2 is 1.67 bits per heavy atom. The van der Waals surface area contributed by atoms with Crippen LogP contribution in [-0.4, -0.2) is 32.9 Å². The molecule has 0 aliphatic carbocycles. The second-order valence-corrected chi connectivity index (χ2v) is 4.81. The minimum atomic E-state index is 0. The highest BCUT2D eigenvalue weighted by Gasteiger charge is 2.13. The Morgan fingerprint density at radius 3 is 1.89 bits per heavy atom. The molecule has 51 valence electrons. The summed E-state index contributed by atoms with van der Waals surface area (Å²) in [6.07, 6.45) is 0. The van der Waals surface area contributed by atoms with E-state index in [1.54, 1.807) is 0 Å². The maximum Gasteiger partial charge on any atom is 0.0528 e. The van der Waals surface area contributed by atoms with Crippen LogP contribution in [0.2, 0.25) is 0 Å². The first kappa shape index (κ1) is 9.45. The molecule has 0 amide bonds. The van der Waals surface area contributed by atoms with E-state index in [9.17, 15) is 0 Å². The molecule has 0 N–H and O–H groups in total. The van der Waals surface area contributed by atoms with Crippen LogP contribution in [0.1, 0.15) is 13.8 Å². The van der Waals surface area contributed by atoms with Crippen LogP contribution in [0.15, 0.2) is 0 Å². The van der Waals surface area contributed by atoms with Gasteiger partial charge in [-0.1, -0.05) is 13.8 Å². The number of hydrogen-bond donors (Lipinski definition) is 0. The fraction of sp³-hybridized carbons (Fsp3) is 1.00. The molecule has 9 heavy (non-hydrogen) atoms. The van der Waals surface area contributed by atoms with Crippen LogP contribution in [0.4, 0.5) is 0 Å². The van der Waals surface area contributed by atoms with Crippen LogP contribution >= 0.6 is 8.58 Å². The maximum atomic E-state index is 5.30. The van der Waals surface area contributed by atoms with E-state index >= 15 is 0 Å². The molecule has 3 radical (unpaired) electrons. The van der Waals surface area contributed by atoms with E-state index in [0.29, 0.717) is 0 Å². The molecule has 1 saturated heterocycles. The van der Waals surface area contributed by atoms with Gasteiger partial charge in [-0.25, -0.2) is 0 Å². The highest BCUT2D eigenvalue weighted by atomic mass is 31.1. The summed E-state index contributed by atoms with van der Waals surface area (Å²) < 4.78 is 5.30. The lowest BCUT2D eigenvalue weighted by Crippen LogP contribution is -2.21. The van der Waals surface area contributed by atoms with Crippen LogP contribution in [0.25, 0.3) is 0 Å².